The van der Waals surface area contributed by atoms with Crippen molar-refractivity contribution in [1.82, 2.24) is 10.2 Å². The summed E-state index contributed by atoms with van der Waals surface area (Å²) in [6.45, 7) is 0. The van der Waals surface area contributed by atoms with Crippen LogP contribution in [0.15, 0.2) is 39.9 Å². The summed E-state index contributed by atoms with van der Waals surface area (Å²) < 4.78 is 0. The van der Waals surface area contributed by atoms with Crippen LogP contribution in [0.5, 0.6) is 0 Å². The van der Waals surface area contributed by atoms with Crippen molar-refractivity contribution in [1.29, 1.82) is 0 Å². The minimum absolute atomic E-state index is 0.0598. The minimum atomic E-state index is -0.538. The Morgan fingerprint density at radius 2 is 1.48 bits per heavy atom. The van der Waals surface area contributed by atoms with Crippen LogP contribution < -0.4 is 16.0 Å². The summed E-state index contributed by atoms with van der Waals surface area (Å²) in [6.07, 6.45) is 4.84. The van der Waals surface area contributed by atoms with Gasteiger partial charge in [0.25, 0.3) is 11.1 Å². The van der Waals surface area contributed by atoms with E-state index in [1.54, 1.807) is 6.07 Å². The van der Waals surface area contributed by atoms with Gasteiger partial charge in [0.2, 0.25) is 11.8 Å². The third kappa shape index (κ3) is 1.82. The molecule has 7 heteroatoms. The Labute approximate surface area is 129 Å². The summed E-state index contributed by atoms with van der Waals surface area (Å²) in [5.74, 6) is -1.39. The number of nitrogens with one attached hydrogen (secondary N) is 2. The van der Waals surface area contributed by atoms with Gasteiger partial charge in [0.15, 0.2) is 0 Å². The summed E-state index contributed by atoms with van der Waals surface area (Å²) in [5, 5.41) is 4.70. The van der Waals surface area contributed by atoms with E-state index < -0.39 is 11.1 Å². The highest BCUT2D eigenvalue weighted by Gasteiger charge is 2.48. The molecule has 2 aromatic rings. The Hall–Kier alpha value is -2.96. The van der Waals surface area contributed by atoms with E-state index in [9.17, 15) is 19.2 Å². The first-order valence-electron chi connectivity index (χ1n) is 7.36. The van der Waals surface area contributed by atoms with Gasteiger partial charge < -0.3 is 0 Å². The zero-order valence-electron chi connectivity index (χ0n) is 12.0. The Bertz CT molecular complexity index is 959. The van der Waals surface area contributed by atoms with E-state index in [1.807, 2.05) is 12.2 Å². The van der Waals surface area contributed by atoms with E-state index >= 15 is 0 Å². The van der Waals surface area contributed by atoms with Crippen LogP contribution in [0.2, 0.25) is 0 Å². The number of nitrogens with zero attached hydrogens (tertiary/aromatic N) is 1. The number of fused-ring (bicyclic) bond motifs is 2. The average Bonchev–Trinajstić information content (AvgIpc) is 2.82. The van der Waals surface area contributed by atoms with Crippen LogP contribution in [0.4, 0.5) is 5.69 Å². The maximum absolute atomic E-state index is 12.7. The van der Waals surface area contributed by atoms with Gasteiger partial charge in [-0.25, -0.2) is 4.90 Å². The lowest BCUT2D eigenvalue weighted by atomic mass is 9.85. The highest BCUT2D eigenvalue weighted by Crippen LogP contribution is 2.38. The standard InChI is InChI=1S/C16H13N3O4/c20-13-10-6-3-7-11(12(10)14(21)18-17-13)19-15(22)8-4-1-2-5-9(8)16(19)23/h1-3,6-9H,4-5H2,(H,17,20)(H,18,21)/t8-,9-/m0/s1. The van der Waals surface area contributed by atoms with Crippen LogP contribution in [-0.2, 0) is 9.59 Å². The Balaban J connectivity index is 1.96. The van der Waals surface area contributed by atoms with Gasteiger partial charge in [-0.15, -0.1) is 0 Å². The predicted octanol–water partition coefficient (Wildman–Crippen LogP) is 0.672. The maximum atomic E-state index is 12.7. The van der Waals surface area contributed by atoms with Crippen LogP contribution in [0, 0.1) is 11.8 Å². The second-order valence-electron chi connectivity index (χ2n) is 5.78. The number of anilines is 1. The Kier molecular flexibility index (Phi) is 2.84. The van der Waals surface area contributed by atoms with Gasteiger partial charge >= 0.3 is 0 Å². The van der Waals surface area contributed by atoms with Gasteiger partial charge in [-0.3, -0.25) is 29.4 Å². The first kappa shape index (κ1) is 13.7. The molecule has 4 rings (SSSR count). The van der Waals surface area contributed by atoms with Crippen LogP contribution in [0.1, 0.15) is 12.8 Å². The lowest BCUT2D eigenvalue weighted by molar-refractivity contribution is -0.122. The van der Waals surface area contributed by atoms with Crippen molar-refractivity contribution in [3.05, 3.63) is 51.1 Å². The van der Waals surface area contributed by atoms with Crippen molar-refractivity contribution in [3.63, 3.8) is 0 Å². The molecule has 2 atom stereocenters. The topological polar surface area (TPSA) is 103 Å². The fourth-order valence-corrected chi connectivity index (χ4v) is 3.44. The van der Waals surface area contributed by atoms with Crippen molar-refractivity contribution in [2.75, 3.05) is 4.90 Å². The maximum Gasteiger partial charge on any atom is 0.272 e. The summed E-state index contributed by atoms with van der Waals surface area (Å²) in [5.41, 5.74) is -0.831. The molecule has 1 aromatic heterocycles. The molecule has 1 aromatic carbocycles. The van der Waals surface area contributed by atoms with Crippen molar-refractivity contribution < 1.29 is 9.59 Å². The van der Waals surface area contributed by atoms with Gasteiger partial charge in [0.1, 0.15) is 0 Å². The average molecular weight is 311 g/mol. The van der Waals surface area contributed by atoms with E-state index in [1.165, 1.54) is 12.1 Å². The lowest BCUT2D eigenvalue weighted by Crippen LogP contribution is -2.32. The molecule has 1 fully saturated rings. The van der Waals surface area contributed by atoms with Gasteiger partial charge in [-0.1, -0.05) is 18.2 Å². The summed E-state index contributed by atoms with van der Waals surface area (Å²) in [7, 11) is 0. The molecule has 0 spiro atoms. The molecule has 0 unspecified atom stereocenters. The number of carbonyl (C=O) groups excluding carboxylic acids is 2. The molecule has 2 heterocycles. The smallest absolute Gasteiger partial charge is 0.272 e. The third-order valence-electron chi connectivity index (χ3n) is 4.55. The number of H-pyrrole nitrogens is 2. The van der Waals surface area contributed by atoms with Crippen LogP contribution in [0.25, 0.3) is 10.8 Å². The number of hydrogen-bond donors (Lipinski definition) is 2. The SMILES string of the molecule is O=C1[C@H]2CC=CC[C@@H]2C(=O)N1c1cccc2c(=O)[nH][nH]c(=O)c12. The van der Waals surface area contributed by atoms with Crippen molar-refractivity contribution in [2.24, 2.45) is 11.8 Å². The number of aromatic nitrogens is 2. The zero-order valence-corrected chi connectivity index (χ0v) is 12.0. The molecule has 7 nitrogen and oxygen atoms in total. The van der Waals surface area contributed by atoms with Crippen LogP contribution >= 0.6 is 0 Å². The highest BCUT2D eigenvalue weighted by atomic mass is 16.2. The van der Waals surface area contributed by atoms with Crippen LogP contribution in [-0.4, -0.2) is 22.0 Å². The predicted molar refractivity (Wildman–Crippen MR) is 83.0 cm³/mol. The fourth-order valence-electron chi connectivity index (χ4n) is 3.44. The molecule has 116 valence electrons. The molecular weight excluding hydrogens is 298 g/mol. The second kappa shape index (κ2) is 4.77. The fraction of sp³-hybridized carbons (Fsp3) is 0.250. The van der Waals surface area contributed by atoms with E-state index in [-0.39, 0.29) is 40.1 Å². The molecule has 0 radical (unpaired) electrons. The lowest BCUT2D eigenvalue weighted by Gasteiger charge is -2.16. The number of hydrogen-bond acceptors (Lipinski definition) is 4. The van der Waals surface area contributed by atoms with Crippen molar-refractivity contribution in [2.45, 2.75) is 12.8 Å². The molecule has 1 aliphatic carbocycles. The second-order valence-corrected chi connectivity index (χ2v) is 5.78. The molecule has 2 N–H and O–H groups in total. The van der Waals surface area contributed by atoms with Gasteiger partial charge in [-0.2, -0.15) is 0 Å². The van der Waals surface area contributed by atoms with Crippen molar-refractivity contribution >= 4 is 28.3 Å². The van der Waals surface area contributed by atoms with Gasteiger partial charge in [0.05, 0.1) is 28.3 Å². The molecule has 1 aliphatic heterocycles. The van der Waals surface area contributed by atoms with Crippen LogP contribution in [0.3, 0.4) is 0 Å². The normalized spacial score (nSPS) is 23.6. The van der Waals surface area contributed by atoms with Crippen molar-refractivity contribution in [3.8, 4) is 0 Å². The molecular formula is C16H13N3O4. The monoisotopic (exact) mass is 311 g/mol. The third-order valence-corrected chi connectivity index (χ3v) is 4.55. The Morgan fingerprint density at radius 1 is 0.870 bits per heavy atom. The number of rotatable bonds is 1. The number of aromatic amines is 2. The number of amides is 2. The first-order valence-corrected chi connectivity index (χ1v) is 7.36. The Morgan fingerprint density at radius 3 is 2.13 bits per heavy atom. The summed E-state index contributed by atoms with van der Waals surface area (Å²) in [4.78, 5) is 50.4. The van der Waals surface area contributed by atoms with Gasteiger partial charge in [0, 0.05) is 0 Å². The number of allylic oxidation sites excluding steroid dienone is 2. The molecule has 2 amide bonds. The number of carbonyl (C=O) groups is 2. The van der Waals surface area contributed by atoms with E-state index in [0.717, 1.165) is 4.90 Å². The zero-order chi connectivity index (χ0) is 16.1. The largest absolute Gasteiger partial charge is 0.274 e. The first-order chi connectivity index (χ1) is 11.1. The van der Waals surface area contributed by atoms with E-state index in [2.05, 4.69) is 10.2 Å². The minimum Gasteiger partial charge on any atom is -0.274 e. The van der Waals surface area contributed by atoms with E-state index in [4.69, 9.17) is 0 Å². The molecule has 23 heavy (non-hydrogen) atoms. The molecule has 0 saturated carbocycles. The molecule has 1 saturated heterocycles. The number of imide groups is 1. The highest BCUT2D eigenvalue weighted by molar-refractivity contribution is 6.24. The van der Waals surface area contributed by atoms with Gasteiger partial charge in [-0.05, 0) is 25.0 Å². The number of benzene rings is 1. The van der Waals surface area contributed by atoms with E-state index in [0.29, 0.717) is 12.8 Å². The summed E-state index contributed by atoms with van der Waals surface area (Å²) in [6, 6.07) is 4.58. The molecule has 0 bridgehead atoms. The quantitative estimate of drug-likeness (QED) is 0.597. The summed E-state index contributed by atoms with van der Waals surface area (Å²) >= 11 is 0. The molecule has 2 aliphatic rings.